The number of anilines is 1. The predicted octanol–water partition coefficient (Wildman–Crippen LogP) is 5.51. The Hall–Kier alpha value is -2.33. The van der Waals surface area contributed by atoms with Crippen LogP contribution >= 0.6 is 11.8 Å². The second-order valence-electron chi connectivity index (χ2n) is 6.78. The molecule has 0 aliphatic carbocycles. The van der Waals surface area contributed by atoms with Crippen LogP contribution in [0.15, 0.2) is 41.4 Å². The standard InChI is InChI=1S/C22H24N2OS/c1-13-9-10-18-16(4)11-20(24-22(18)17(13)5)26-12-19(25)23-21-14(2)7-6-8-15(21)3/h6-11H,12H2,1-5H3,(H,23,25). The summed E-state index contributed by atoms with van der Waals surface area (Å²) >= 11 is 1.48. The van der Waals surface area contributed by atoms with Crippen molar-refractivity contribution in [1.29, 1.82) is 0 Å². The number of carbonyl (C=O) groups is 1. The fourth-order valence-corrected chi connectivity index (χ4v) is 3.84. The Morgan fingerprint density at radius 1 is 0.962 bits per heavy atom. The monoisotopic (exact) mass is 364 g/mol. The van der Waals surface area contributed by atoms with E-state index >= 15 is 0 Å². The van der Waals surface area contributed by atoms with Gasteiger partial charge in [-0.3, -0.25) is 4.79 Å². The van der Waals surface area contributed by atoms with Gasteiger partial charge in [0.2, 0.25) is 5.91 Å². The number of nitrogens with zero attached hydrogens (tertiary/aromatic N) is 1. The van der Waals surface area contributed by atoms with Crippen molar-refractivity contribution in [1.82, 2.24) is 4.98 Å². The molecule has 4 heteroatoms. The van der Waals surface area contributed by atoms with E-state index in [1.807, 2.05) is 32.0 Å². The number of pyridine rings is 1. The average molecular weight is 365 g/mol. The van der Waals surface area contributed by atoms with Crippen LogP contribution in [0.3, 0.4) is 0 Å². The van der Waals surface area contributed by atoms with Crippen LogP contribution in [0.1, 0.15) is 27.8 Å². The number of hydrogen-bond donors (Lipinski definition) is 1. The topological polar surface area (TPSA) is 42.0 Å². The summed E-state index contributed by atoms with van der Waals surface area (Å²) in [7, 11) is 0. The van der Waals surface area contributed by atoms with Gasteiger partial charge in [0.15, 0.2) is 0 Å². The molecule has 0 radical (unpaired) electrons. The number of fused-ring (bicyclic) bond motifs is 1. The molecule has 3 aromatic rings. The van der Waals surface area contributed by atoms with Gasteiger partial charge in [0, 0.05) is 11.1 Å². The lowest BCUT2D eigenvalue weighted by Gasteiger charge is -2.12. The highest BCUT2D eigenvalue weighted by Gasteiger charge is 2.11. The van der Waals surface area contributed by atoms with Crippen LogP contribution in [0.2, 0.25) is 0 Å². The summed E-state index contributed by atoms with van der Waals surface area (Å²) in [6.07, 6.45) is 0. The largest absolute Gasteiger partial charge is 0.325 e. The molecule has 0 spiro atoms. The lowest BCUT2D eigenvalue weighted by molar-refractivity contribution is -0.113. The lowest BCUT2D eigenvalue weighted by atomic mass is 10.0. The van der Waals surface area contributed by atoms with Gasteiger partial charge >= 0.3 is 0 Å². The van der Waals surface area contributed by atoms with Crippen molar-refractivity contribution >= 4 is 34.3 Å². The van der Waals surface area contributed by atoms with E-state index in [0.717, 1.165) is 27.4 Å². The molecule has 0 atom stereocenters. The molecular formula is C22H24N2OS. The van der Waals surface area contributed by atoms with Gasteiger partial charge in [-0.15, -0.1) is 0 Å². The summed E-state index contributed by atoms with van der Waals surface area (Å²) in [5, 5.41) is 5.10. The first-order valence-corrected chi connectivity index (χ1v) is 9.72. The van der Waals surface area contributed by atoms with Gasteiger partial charge in [0.1, 0.15) is 0 Å². The third-order valence-electron chi connectivity index (χ3n) is 4.79. The number of thioether (sulfide) groups is 1. The van der Waals surface area contributed by atoms with E-state index in [9.17, 15) is 4.79 Å². The molecular weight excluding hydrogens is 340 g/mol. The van der Waals surface area contributed by atoms with Crippen molar-refractivity contribution in [3.8, 4) is 0 Å². The first-order chi connectivity index (χ1) is 12.4. The number of rotatable bonds is 4. The van der Waals surface area contributed by atoms with Crippen molar-refractivity contribution in [2.75, 3.05) is 11.1 Å². The van der Waals surface area contributed by atoms with E-state index in [4.69, 9.17) is 4.98 Å². The molecule has 3 nitrogen and oxygen atoms in total. The minimum atomic E-state index is -0.00656. The minimum absolute atomic E-state index is 0.00656. The number of amides is 1. The first kappa shape index (κ1) is 18.5. The molecule has 0 saturated heterocycles. The van der Waals surface area contributed by atoms with Gasteiger partial charge in [0.05, 0.1) is 16.3 Å². The number of hydrogen-bond acceptors (Lipinski definition) is 3. The molecule has 0 saturated carbocycles. The molecule has 134 valence electrons. The number of carbonyl (C=O) groups excluding carboxylic acids is 1. The summed E-state index contributed by atoms with van der Waals surface area (Å²) in [5.74, 6) is 0.337. The van der Waals surface area contributed by atoms with Gasteiger partial charge in [-0.25, -0.2) is 4.98 Å². The molecule has 1 aromatic heterocycles. The summed E-state index contributed by atoms with van der Waals surface area (Å²) in [6.45, 7) is 10.3. The van der Waals surface area contributed by atoms with E-state index in [0.29, 0.717) is 5.75 Å². The van der Waals surface area contributed by atoms with Crippen LogP contribution in [-0.4, -0.2) is 16.6 Å². The zero-order valence-corrected chi connectivity index (χ0v) is 16.8. The highest BCUT2D eigenvalue weighted by molar-refractivity contribution is 7.99. The zero-order valence-electron chi connectivity index (χ0n) is 15.9. The molecule has 1 N–H and O–H groups in total. The highest BCUT2D eigenvalue weighted by atomic mass is 32.2. The van der Waals surface area contributed by atoms with Gasteiger partial charge in [0.25, 0.3) is 0 Å². The summed E-state index contributed by atoms with van der Waals surface area (Å²) in [5.41, 5.74) is 7.72. The number of nitrogens with one attached hydrogen (secondary N) is 1. The Balaban J connectivity index is 1.77. The van der Waals surface area contributed by atoms with Crippen molar-refractivity contribution in [3.63, 3.8) is 0 Å². The normalized spacial score (nSPS) is 11.0. The molecule has 0 fully saturated rings. The van der Waals surface area contributed by atoms with Crippen molar-refractivity contribution in [2.45, 2.75) is 39.6 Å². The molecule has 0 bridgehead atoms. The smallest absolute Gasteiger partial charge is 0.234 e. The summed E-state index contributed by atoms with van der Waals surface area (Å²) in [6, 6.07) is 12.3. The van der Waals surface area contributed by atoms with Crippen LogP contribution < -0.4 is 5.32 Å². The molecule has 1 heterocycles. The number of aryl methyl sites for hydroxylation is 5. The van der Waals surface area contributed by atoms with E-state index in [1.165, 1.54) is 33.8 Å². The van der Waals surface area contributed by atoms with E-state index in [-0.39, 0.29) is 5.91 Å². The van der Waals surface area contributed by atoms with Gasteiger partial charge in [-0.2, -0.15) is 0 Å². The molecule has 1 amide bonds. The van der Waals surface area contributed by atoms with Crippen LogP contribution in [0.4, 0.5) is 5.69 Å². The Labute approximate surface area is 159 Å². The SMILES string of the molecule is Cc1cccc(C)c1NC(=O)CSc1cc(C)c2ccc(C)c(C)c2n1. The van der Waals surface area contributed by atoms with Crippen molar-refractivity contribution in [2.24, 2.45) is 0 Å². The van der Waals surface area contributed by atoms with E-state index in [2.05, 4.69) is 44.3 Å². The quantitative estimate of drug-likeness (QED) is 0.621. The zero-order chi connectivity index (χ0) is 18.8. The third-order valence-corrected chi connectivity index (χ3v) is 5.70. The number of para-hydroxylation sites is 1. The summed E-state index contributed by atoms with van der Waals surface area (Å²) in [4.78, 5) is 17.2. The maximum atomic E-state index is 12.4. The predicted molar refractivity (Wildman–Crippen MR) is 111 cm³/mol. The Kier molecular flexibility index (Phi) is 5.33. The number of aromatic nitrogens is 1. The van der Waals surface area contributed by atoms with Crippen molar-refractivity contribution < 1.29 is 4.79 Å². The minimum Gasteiger partial charge on any atom is -0.325 e. The van der Waals surface area contributed by atoms with Crippen LogP contribution in [0, 0.1) is 34.6 Å². The Morgan fingerprint density at radius 3 is 2.35 bits per heavy atom. The number of benzene rings is 2. The molecule has 0 unspecified atom stereocenters. The maximum Gasteiger partial charge on any atom is 0.234 e. The molecule has 2 aromatic carbocycles. The third kappa shape index (κ3) is 3.75. The molecule has 0 aliphatic heterocycles. The fraction of sp³-hybridized carbons (Fsp3) is 0.273. The second kappa shape index (κ2) is 7.50. The Morgan fingerprint density at radius 2 is 1.65 bits per heavy atom. The lowest BCUT2D eigenvalue weighted by Crippen LogP contribution is -2.15. The maximum absolute atomic E-state index is 12.4. The van der Waals surface area contributed by atoms with Crippen LogP contribution in [0.5, 0.6) is 0 Å². The fourth-order valence-electron chi connectivity index (χ4n) is 3.07. The molecule has 26 heavy (non-hydrogen) atoms. The van der Waals surface area contributed by atoms with E-state index < -0.39 is 0 Å². The van der Waals surface area contributed by atoms with Crippen LogP contribution in [-0.2, 0) is 4.79 Å². The van der Waals surface area contributed by atoms with Crippen LogP contribution in [0.25, 0.3) is 10.9 Å². The first-order valence-electron chi connectivity index (χ1n) is 8.73. The summed E-state index contributed by atoms with van der Waals surface area (Å²) < 4.78 is 0. The van der Waals surface area contributed by atoms with E-state index in [1.54, 1.807) is 0 Å². The van der Waals surface area contributed by atoms with Gasteiger partial charge < -0.3 is 5.32 Å². The van der Waals surface area contributed by atoms with Gasteiger partial charge in [-0.05, 0) is 68.5 Å². The highest BCUT2D eigenvalue weighted by Crippen LogP contribution is 2.27. The molecule has 3 rings (SSSR count). The van der Waals surface area contributed by atoms with Crippen molar-refractivity contribution in [3.05, 3.63) is 64.2 Å². The second-order valence-corrected chi connectivity index (χ2v) is 7.78. The average Bonchev–Trinajstić information content (AvgIpc) is 2.60. The van der Waals surface area contributed by atoms with Gasteiger partial charge in [-0.1, -0.05) is 42.1 Å². The Bertz CT molecular complexity index is 975. The molecule has 0 aliphatic rings.